The molecule has 0 N–H and O–H groups in total. The van der Waals surface area contributed by atoms with E-state index in [4.69, 9.17) is 11.6 Å². The van der Waals surface area contributed by atoms with Gasteiger partial charge in [0, 0.05) is 5.39 Å². The molecule has 23 heavy (non-hydrogen) atoms. The molecule has 9 heteroatoms. The number of carbonyl (C=O) groups is 1. The molecule has 0 amide bonds. The van der Waals surface area contributed by atoms with E-state index in [0.717, 1.165) is 29.8 Å². The number of carbonyl (C=O) groups excluding carboxylic acids is 1. The third-order valence-corrected chi connectivity index (χ3v) is 4.37. The molecule has 3 rings (SSSR count). The first kappa shape index (κ1) is 15.8. The van der Waals surface area contributed by atoms with Gasteiger partial charge in [-0.15, -0.1) is 11.3 Å². The summed E-state index contributed by atoms with van der Waals surface area (Å²) < 4.78 is 52.6. The van der Waals surface area contributed by atoms with Gasteiger partial charge >= 0.3 is 6.18 Å². The Labute approximate surface area is 135 Å². The van der Waals surface area contributed by atoms with E-state index < -0.39 is 23.5 Å². The maximum Gasteiger partial charge on any atom is 0.434 e. The van der Waals surface area contributed by atoms with Gasteiger partial charge in [-0.25, -0.2) is 14.4 Å². The first-order valence-electron chi connectivity index (χ1n) is 6.09. The SMILES string of the molecule is O=C(c1cc2c(C(F)(F)F)ncnc2s1)c1c(F)cccc1Cl. The number of rotatable bonds is 2. The van der Waals surface area contributed by atoms with E-state index in [1.807, 2.05) is 0 Å². The summed E-state index contributed by atoms with van der Waals surface area (Å²) in [7, 11) is 0. The van der Waals surface area contributed by atoms with Gasteiger partial charge in [0.2, 0.25) is 5.78 Å². The van der Waals surface area contributed by atoms with Crippen LogP contribution in [0.25, 0.3) is 10.2 Å². The molecule has 0 saturated heterocycles. The fourth-order valence-corrected chi connectivity index (χ4v) is 3.23. The minimum absolute atomic E-state index is 0.0110. The van der Waals surface area contributed by atoms with Crippen molar-refractivity contribution >= 4 is 38.9 Å². The summed E-state index contributed by atoms with van der Waals surface area (Å²) in [6.07, 6.45) is -3.91. The molecule has 0 bridgehead atoms. The van der Waals surface area contributed by atoms with Crippen molar-refractivity contribution in [3.63, 3.8) is 0 Å². The van der Waals surface area contributed by atoms with E-state index in [1.54, 1.807) is 0 Å². The van der Waals surface area contributed by atoms with Gasteiger partial charge in [0.15, 0.2) is 5.69 Å². The number of aromatic nitrogens is 2. The Hall–Kier alpha value is -2.06. The van der Waals surface area contributed by atoms with Gasteiger partial charge in [0.25, 0.3) is 0 Å². The molecule has 0 aliphatic rings. The highest BCUT2D eigenvalue weighted by Crippen LogP contribution is 2.36. The van der Waals surface area contributed by atoms with Crippen molar-refractivity contribution in [3.8, 4) is 0 Å². The predicted octanol–water partition coefficient (Wildman–Crippen LogP) is 4.73. The van der Waals surface area contributed by atoms with Crippen LogP contribution in [-0.2, 0) is 6.18 Å². The number of benzene rings is 1. The minimum Gasteiger partial charge on any atom is -0.288 e. The molecule has 0 fully saturated rings. The summed E-state index contributed by atoms with van der Waals surface area (Å²) in [6.45, 7) is 0. The molecule has 118 valence electrons. The van der Waals surface area contributed by atoms with Crippen molar-refractivity contribution < 1.29 is 22.4 Å². The second kappa shape index (κ2) is 5.54. The van der Waals surface area contributed by atoms with Crippen LogP contribution in [0.2, 0.25) is 5.02 Å². The van der Waals surface area contributed by atoms with Crippen LogP contribution in [0.4, 0.5) is 17.6 Å². The highest BCUT2D eigenvalue weighted by Gasteiger charge is 2.35. The molecular weight excluding hydrogens is 356 g/mol. The Balaban J connectivity index is 2.17. The second-order valence-corrected chi connectivity index (χ2v) is 5.91. The van der Waals surface area contributed by atoms with Crippen molar-refractivity contribution in [2.45, 2.75) is 6.18 Å². The molecule has 2 aromatic heterocycles. The first-order chi connectivity index (χ1) is 10.8. The van der Waals surface area contributed by atoms with Crippen LogP contribution < -0.4 is 0 Å². The average Bonchev–Trinajstić information content (AvgIpc) is 2.89. The van der Waals surface area contributed by atoms with Crippen LogP contribution in [0.3, 0.4) is 0 Å². The molecule has 0 aliphatic carbocycles. The smallest absolute Gasteiger partial charge is 0.288 e. The van der Waals surface area contributed by atoms with E-state index in [0.29, 0.717) is 0 Å². The summed E-state index contributed by atoms with van der Waals surface area (Å²) in [6, 6.07) is 4.71. The number of fused-ring (bicyclic) bond motifs is 1. The molecular formula is C14H5ClF4N2OS. The molecule has 0 radical (unpaired) electrons. The van der Waals surface area contributed by atoms with E-state index >= 15 is 0 Å². The molecule has 1 aromatic carbocycles. The third-order valence-electron chi connectivity index (χ3n) is 3.01. The highest BCUT2D eigenvalue weighted by atomic mass is 35.5. The number of hydrogen-bond donors (Lipinski definition) is 0. The number of hydrogen-bond acceptors (Lipinski definition) is 4. The van der Waals surface area contributed by atoms with Crippen LogP contribution in [0.5, 0.6) is 0 Å². The molecule has 0 aliphatic heterocycles. The lowest BCUT2D eigenvalue weighted by atomic mass is 10.1. The summed E-state index contributed by atoms with van der Waals surface area (Å²) >= 11 is 6.53. The predicted molar refractivity (Wildman–Crippen MR) is 77.3 cm³/mol. The summed E-state index contributed by atoms with van der Waals surface area (Å²) in [5.41, 5.74) is -1.53. The Morgan fingerprint density at radius 2 is 1.96 bits per heavy atom. The Morgan fingerprint density at radius 3 is 2.61 bits per heavy atom. The number of ketones is 1. The van der Waals surface area contributed by atoms with Gasteiger partial charge in [-0.1, -0.05) is 17.7 Å². The largest absolute Gasteiger partial charge is 0.434 e. The molecule has 0 saturated carbocycles. The van der Waals surface area contributed by atoms with E-state index in [1.165, 1.54) is 12.1 Å². The van der Waals surface area contributed by atoms with E-state index in [-0.39, 0.29) is 25.7 Å². The van der Waals surface area contributed by atoms with Crippen molar-refractivity contribution in [1.82, 2.24) is 9.97 Å². The van der Waals surface area contributed by atoms with Crippen molar-refractivity contribution in [2.24, 2.45) is 0 Å². The fraction of sp³-hybridized carbons (Fsp3) is 0.0714. The summed E-state index contributed by atoms with van der Waals surface area (Å²) in [5, 5.41) is -0.421. The van der Waals surface area contributed by atoms with Crippen LogP contribution in [0.15, 0.2) is 30.6 Å². The normalized spacial score (nSPS) is 11.9. The van der Waals surface area contributed by atoms with Crippen molar-refractivity contribution in [2.75, 3.05) is 0 Å². The number of alkyl halides is 3. The zero-order chi connectivity index (χ0) is 16.8. The molecule has 3 nitrogen and oxygen atoms in total. The van der Waals surface area contributed by atoms with Gasteiger partial charge in [-0.05, 0) is 18.2 Å². The Kier molecular flexibility index (Phi) is 3.81. The minimum atomic E-state index is -4.68. The van der Waals surface area contributed by atoms with Gasteiger partial charge < -0.3 is 0 Å². The topological polar surface area (TPSA) is 42.9 Å². The van der Waals surface area contributed by atoms with Crippen LogP contribution >= 0.6 is 22.9 Å². The van der Waals surface area contributed by atoms with E-state index in [2.05, 4.69) is 9.97 Å². The quantitative estimate of drug-likeness (QED) is 0.490. The monoisotopic (exact) mass is 360 g/mol. The maximum atomic E-state index is 13.8. The number of thiophene rings is 1. The maximum absolute atomic E-state index is 13.8. The lowest BCUT2D eigenvalue weighted by molar-refractivity contribution is -0.139. The van der Waals surface area contributed by atoms with Gasteiger partial charge in [-0.3, -0.25) is 4.79 Å². The fourth-order valence-electron chi connectivity index (χ4n) is 2.03. The van der Waals surface area contributed by atoms with Crippen molar-refractivity contribution in [1.29, 1.82) is 0 Å². The molecule has 3 aromatic rings. The van der Waals surface area contributed by atoms with Gasteiger partial charge in [0.05, 0.1) is 15.5 Å². The van der Waals surface area contributed by atoms with Crippen LogP contribution in [0, 0.1) is 5.82 Å². The van der Waals surface area contributed by atoms with Crippen LogP contribution in [-0.4, -0.2) is 15.8 Å². The second-order valence-electron chi connectivity index (χ2n) is 4.48. The van der Waals surface area contributed by atoms with Gasteiger partial charge in [0.1, 0.15) is 17.0 Å². The molecule has 0 atom stereocenters. The lowest BCUT2D eigenvalue weighted by Crippen LogP contribution is -2.08. The average molecular weight is 361 g/mol. The zero-order valence-electron chi connectivity index (χ0n) is 11.0. The van der Waals surface area contributed by atoms with Crippen LogP contribution in [0.1, 0.15) is 20.9 Å². The Bertz CT molecular complexity index is 903. The standard InChI is InChI=1S/C14H5ClF4N2OS/c15-7-2-1-3-8(16)10(7)11(22)9-4-6-12(14(17,18)19)20-5-21-13(6)23-9/h1-5H. The highest BCUT2D eigenvalue weighted by molar-refractivity contribution is 7.20. The van der Waals surface area contributed by atoms with Crippen molar-refractivity contribution in [3.05, 3.63) is 57.6 Å². The molecule has 0 unspecified atom stereocenters. The first-order valence-corrected chi connectivity index (χ1v) is 7.29. The number of nitrogens with zero attached hydrogens (tertiary/aromatic N) is 2. The summed E-state index contributed by atoms with van der Waals surface area (Å²) in [5.74, 6) is -1.65. The number of halogens is 5. The van der Waals surface area contributed by atoms with E-state index in [9.17, 15) is 22.4 Å². The van der Waals surface area contributed by atoms with Gasteiger partial charge in [-0.2, -0.15) is 13.2 Å². The molecule has 2 heterocycles. The summed E-state index contributed by atoms with van der Waals surface area (Å²) in [4.78, 5) is 19.2. The third kappa shape index (κ3) is 2.79. The molecule has 0 spiro atoms. The Morgan fingerprint density at radius 1 is 1.22 bits per heavy atom. The lowest BCUT2D eigenvalue weighted by Gasteiger charge is -2.05. The zero-order valence-corrected chi connectivity index (χ0v) is 12.6.